The Hall–Kier alpha value is -1.80. The Kier molecular flexibility index (Phi) is 9.76. The number of hydrogen-bond donors (Lipinski definition) is 0. The fraction of sp³-hybridized carbons (Fsp3) is 0.500. The molecule has 0 amide bonds. The molecule has 1 saturated heterocycles. The molecule has 0 N–H and O–H groups in total. The molecule has 4 unspecified atom stereocenters. The Labute approximate surface area is 179 Å². The van der Waals surface area contributed by atoms with Crippen LogP contribution in [0.4, 0.5) is 0 Å². The van der Waals surface area contributed by atoms with Gasteiger partial charge in [0.2, 0.25) is 0 Å². The molecule has 0 saturated carbocycles. The van der Waals surface area contributed by atoms with Crippen molar-refractivity contribution in [2.45, 2.75) is 51.8 Å². The molecule has 6 nitrogen and oxygen atoms in total. The molecule has 0 aromatic heterocycles. The van der Waals surface area contributed by atoms with Gasteiger partial charge >= 0.3 is 0 Å². The van der Waals surface area contributed by atoms with E-state index in [-0.39, 0.29) is 12.2 Å². The fourth-order valence-corrected chi connectivity index (χ4v) is 3.24. The average molecular weight is 417 g/mol. The van der Waals surface area contributed by atoms with Gasteiger partial charge in [-0.15, -0.1) is 0 Å². The molecule has 1 fully saturated rings. The monoisotopic (exact) mass is 416 g/mol. The van der Waals surface area contributed by atoms with E-state index in [0.29, 0.717) is 39.6 Å². The lowest BCUT2D eigenvalue weighted by Crippen LogP contribution is -2.54. The van der Waals surface area contributed by atoms with Gasteiger partial charge in [-0.3, -0.25) is 0 Å². The third-order valence-electron chi connectivity index (χ3n) is 4.67. The minimum atomic E-state index is -0.534. The maximum atomic E-state index is 6.17. The molecule has 0 spiro atoms. The summed E-state index contributed by atoms with van der Waals surface area (Å²) in [6.45, 7) is 6.59. The number of ether oxygens (including phenoxy) is 6. The minimum Gasteiger partial charge on any atom is -0.374 e. The highest BCUT2D eigenvalue weighted by molar-refractivity contribution is 5.14. The van der Waals surface area contributed by atoms with Crippen LogP contribution in [0.25, 0.3) is 0 Å². The molecule has 0 radical (unpaired) electrons. The second-order valence-corrected chi connectivity index (χ2v) is 7.00. The molecule has 2 aromatic rings. The summed E-state index contributed by atoms with van der Waals surface area (Å²) >= 11 is 0. The van der Waals surface area contributed by atoms with E-state index in [1.54, 1.807) is 0 Å². The summed E-state index contributed by atoms with van der Waals surface area (Å²) in [6, 6.07) is 20.1. The van der Waals surface area contributed by atoms with Crippen LogP contribution >= 0.6 is 0 Å². The van der Waals surface area contributed by atoms with Gasteiger partial charge < -0.3 is 28.4 Å². The van der Waals surface area contributed by atoms with Gasteiger partial charge in [-0.2, -0.15) is 0 Å². The molecular formula is C24H32O6. The lowest BCUT2D eigenvalue weighted by molar-refractivity contribution is -0.359. The Morgan fingerprint density at radius 1 is 0.633 bits per heavy atom. The lowest BCUT2D eigenvalue weighted by Gasteiger charge is -2.40. The highest BCUT2D eigenvalue weighted by Gasteiger charge is 2.40. The van der Waals surface area contributed by atoms with Crippen molar-refractivity contribution < 1.29 is 28.4 Å². The predicted molar refractivity (Wildman–Crippen MR) is 113 cm³/mol. The molecule has 3 rings (SSSR count). The summed E-state index contributed by atoms with van der Waals surface area (Å²) in [4.78, 5) is 0. The van der Waals surface area contributed by atoms with Crippen LogP contribution in [-0.2, 0) is 41.6 Å². The van der Waals surface area contributed by atoms with Gasteiger partial charge in [0.15, 0.2) is 12.6 Å². The number of hydrogen-bond acceptors (Lipinski definition) is 6. The highest BCUT2D eigenvalue weighted by Crippen LogP contribution is 2.24. The van der Waals surface area contributed by atoms with Crippen LogP contribution in [0.3, 0.4) is 0 Å². The van der Waals surface area contributed by atoms with Crippen LogP contribution in [-0.4, -0.2) is 51.2 Å². The summed E-state index contributed by atoms with van der Waals surface area (Å²) in [5, 5.41) is 0. The van der Waals surface area contributed by atoms with E-state index >= 15 is 0 Å². The topological polar surface area (TPSA) is 55.4 Å². The summed E-state index contributed by atoms with van der Waals surface area (Å²) in [6.07, 6.45) is -1.83. The van der Waals surface area contributed by atoms with Gasteiger partial charge in [-0.1, -0.05) is 60.7 Å². The van der Waals surface area contributed by atoms with Gasteiger partial charge in [0.05, 0.1) is 26.4 Å². The van der Waals surface area contributed by atoms with Crippen LogP contribution in [0.1, 0.15) is 25.0 Å². The largest absolute Gasteiger partial charge is 0.374 e. The first kappa shape index (κ1) is 22.9. The Bertz CT molecular complexity index is 634. The van der Waals surface area contributed by atoms with E-state index in [1.165, 1.54) is 0 Å². The Morgan fingerprint density at radius 2 is 1.03 bits per heavy atom. The van der Waals surface area contributed by atoms with E-state index in [2.05, 4.69) is 0 Å². The molecule has 1 heterocycles. The van der Waals surface area contributed by atoms with Crippen molar-refractivity contribution in [3.8, 4) is 0 Å². The quantitative estimate of drug-likeness (QED) is 0.523. The van der Waals surface area contributed by atoms with Crippen molar-refractivity contribution in [1.82, 2.24) is 0 Å². The van der Waals surface area contributed by atoms with Crippen molar-refractivity contribution in [3.05, 3.63) is 71.8 Å². The van der Waals surface area contributed by atoms with Crippen molar-refractivity contribution >= 4 is 0 Å². The highest BCUT2D eigenvalue weighted by atomic mass is 16.8. The summed E-state index contributed by atoms with van der Waals surface area (Å²) in [7, 11) is 0. The van der Waals surface area contributed by atoms with Gasteiger partial charge in [-0.05, 0) is 25.0 Å². The standard InChI is InChI=1S/C24H32O6/c1-3-27-23-21(17-25-15-19-11-7-5-8-12-19)30-24(28-4-2)22(29-23)18-26-16-20-13-9-6-10-14-20/h5-14,21-24H,3-4,15-18H2,1-2H3. The van der Waals surface area contributed by atoms with E-state index in [0.717, 1.165) is 11.1 Å². The zero-order valence-electron chi connectivity index (χ0n) is 17.8. The summed E-state index contributed by atoms with van der Waals surface area (Å²) in [5.74, 6) is 0. The third kappa shape index (κ3) is 7.16. The van der Waals surface area contributed by atoms with Gasteiger partial charge in [-0.25, -0.2) is 0 Å². The van der Waals surface area contributed by atoms with E-state index in [1.807, 2.05) is 74.5 Å². The molecule has 6 heteroatoms. The van der Waals surface area contributed by atoms with Crippen molar-refractivity contribution in [2.75, 3.05) is 26.4 Å². The van der Waals surface area contributed by atoms with E-state index < -0.39 is 12.6 Å². The summed E-state index contributed by atoms with van der Waals surface area (Å²) < 4.78 is 35.6. The maximum Gasteiger partial charge on any atom is 0.186 e. The molecule has 1 aliphatic heterocycles. The van der Waals surface area contributed by atoms with E-state index in [9.17, 15) is 0 Å². The molecule has 4 atom stereocenters. The van der Waals surface area contributed by atoms with Gasteiger partial charge in [0.25, 0.3) is 0 Å². The van der Waals surface area contributed by atoms with E-state index in [4.69, 9.17) is 28.4 Å². The normalized spacial score (nSPS) is 24.1. The first-order valence-corrected chi connectivity index (χ1v) is 10.6. The maximum absolute atomic E-state index is 6.17. The van der Waals surface area contributed by atoms with Crippen LogP contribution in [0.2, 0.25) is 0 Å². The van der Waals surface area contributed by atoms with Crippen LogP contribution < -0.4 is 0 Å². The van der Waals surface area contributed by atoms with Crippen LogP contribution in [0, 0.1) is 0 Å². The molecule has 0 bridgehead atoms. The Balaban J connectivity index is 1.53. The van der Waals surface area contributed by atoms with Gasteiger partial charge in [0, 0.05) is 13.2 Å². The smallest absolute Gasteiger partial charge is 0.186 e. The number of benzene rings is 2. The second-order valence-electron chi connectivity index (χ2n) is 7.00. The van der Waals surface area contributed by atoms with Crippen LogP contribution in [0.5, 0.6) is 0 Å². The molecular weight excluding hydrogens is 384 g/mol. The number of rotatable bonds is 12. The zero-order chi connectivity index (χ0) is 21.0. The second kappa shape index (κ2) is 12.8. The van der Waals surface area contributed by atoms with Crippen molar-refractivity contribution in [1.29, 1.82) is 0 Å². The SMILES string of the molecule is CCOC1OC(COCc2ccccc2)C(OCC)OC1COCc1ccccc1. The molecule has 164 valence electrons. The zero-order valence-corrected chi connectivity index (χ0v) is 17.8. The molecule has 30 heavy (non-hydrogen) atoms. The summed E-state index contributed by atoms with van der Waals surface area (Å²) in [5.41, 5.74) is 2.21. The lowest BCUT2D eigenvalue weighted by atomic mass is 10.2. The molecule has 1 aliphatic rings. The molecule has 0 aliphatic carbocycles. The van der Waals surface area contributed by atoms with Crippen LogP contribution in [0.15, 0.2) is 60.7 Å². The Morgan fingerprint density at radius 3 is 1.40 bits per heavy atom. The van der Waals surface area contributed by atoms with Crippen molar-refractivity contribution in [3.63, 3.8) is 0 Å². The van der Waals surface area contributed by atoms with Gasteiger partial charge in [0.1, 0.15) is 12.2 Å². The average Bonchev–Trinajstić information content (AvgIpc) is 2.78. The van der Waals surface area contributed by atoms with Crippen molar-refractivity contribution in [2.24, 2.45) is 0 Å². The fourth-order valence-electron chi connectivity index (χ4n) is 3.24. The minimum absolute atomic E-state index is 0.348. The first-order chi connectivity index (χ1) is 14.8. The third-order valence-corrected chi connectivity index (χ3v) is 4.67. The predicted octanol–water partition coefficient (Wildman–Crippen LogP) is 3.93. The first-order valence-electron chi connectivity index (χ1n) is 10.6. The molecule has 2 aromatic carbocycles.